The minimum absolute atomic E-state index is 0.0534. The lowest BCUT2D eigenvalue weighted by atomic mass is 10.1. The van der Waals surface area contributed by atoms with Crippen molar-refractivity contribution in [2.45, 2.75) is 136 Å². The Labute approximate surface area is 329 Å². The zero-order valence-corrected chi connectivity index (χ0v) is 35.3. The second kappa shape index (κ2) is 35.9. The van der Waals surface area contributed by atoms with Crippen LogP contribution in [0.25, 0.3) is 0 Å². The predicted octanol–water partition coefficient (Wildman–Crippen LogP) is 10.6. The van der Waals surface area contributed by atoms with Gasteiger partial charge in [0, 0.05) is 12.8 Å². The molecule has 0 rings (SSSR count). The summed E-state index contributed by atoms with van der Waals surface area (Å²) in [7, 11) is 1.09. The van der Waals surface area contributed by atoms with E-state index >= 15 is 0 Å². The molecular formula is C44H74NO8P. The highest BCUT2D eigenvalue weighted by Gasteiger charge is 2.21. The van der Waals surface area contributed by atoms with E-state index in [4.69, 9.17) is 18.5 Å². The SMILES string of the molecule is CC/C=C/C/C=C/C/C=C/C/C=C/C/C=C/CCCC(=O)OCC(COP(=O)([O-])OCC[N+](C)(C)C)OC(=O)CC/C=C/C/C=C/CCCCCCCC. The van der Waals surface area contributed by atoms with Gasteiger partial charge in [-0.1, -0.05) is 131 Å². The summed E-state index contributed by atoms with van der Waals surface area (Å²) >= 11 is 0. The molecule has 0 heterocycles. The number of esters is 2. The van der Waals surface area contributed by atoms with Crippen molar-refractivity contribution in [3.8, 4) is 0 Å². The van der Waals surface area contributed by atoms with Crippen molar-refractivity contribution in [2.75, 3.05) is 47.5 Å². The van der Waals surface area contributed by atoms with E-state index in [2.05, 4.69) is 80.7 Å². The number of quaternary nitrogens is 1. The molecular weight excluding hydrogens is 701 g/mol. The van der Waals surface area contributed by atoms with Crippen LogP contribution in [0.1, 0.15) is 129 Å². The van der Waals surface area contributed by atoms with Gasteiger partial charge in [-0.05, 0) is 70.6 Å². The molecule has 0 N–H and O–H groups in total. The van der Waals surface area contributed by atoms with E-state index in [1.54, 1.807) is 0 Å². The van der Waals surface area contributed by atoms with Gasteiger partial charge in [0.25, 0.3) is 7.82 Å². The van der Waals surface area contributed by atoms with Gasteiger partial charge >= 0.3 is 11.9 Å². The number of allylic oxidation sites excluding steroid dienone is 14. The Morgan fingerprint density at radius 2 is 1.09 bits per heavy atom. The predicted molar refractivity (Wildman–Crippen MR) is 222 cm³/mol. The van der Waals surface area contributed by atoms with Crippen molar-refractivity contribution >= 4 is 19.8 Å². The van der Waals surface area contributed by atoms with Gasteiger partial charge in [-0.2, -0.15) is 0 Å². The van der Waals surface area contributed by atoms with Crippen LogP contribution in [0, 0.1) is 0 Å². The first-order valence-electron chi connectivity index (χ1n) is 20.3. The number of nitrogens with zero attached hydrogens (tertiary/aromatic N) is 1. The number of hydrogen-bond acceptors (Lipinski definition) is 8. The Morgan fingerprint density at radius 3 is 1.65 bits per heavy atom. The van der Waals surface area contributed by atoms with E-state index in [0.717, 1.165) is 51.4 Å². The minimum Gasteiger partial charge on any atom is -0.756 e. The summed E-state index contributed by atoms with van der Waals surface area (Å²) in [4.78, 5) is 37.3. The van der Waals surface area contributed by atoms with Gasteiger partial charge in [-0.25, -0.2) is 0 Å². The van der Waals surface area contributed by atoms with E-state index in [-0.39, 0.29) is 26.1 Å². The number of unbranched alkanes of at least 4 members (excludes halogenated alkanes) is 7. The topological polar surface area (TPSA) is 111 Å². The lowest BCUT2D eigenvalue weighted by Crippen LogP contribution is -2.37. The van der Waals surface area contributed by atoms with Gasteiger partial charge < -0.3 is 27.9 Å². The third-order valence-electron chi connectivity index (χ3n) is 7.91. The summed E-state index contributed by atoms with van der Waals surface area (Å²) in [5.41, 5.74) is 0. The summed E-state index contributed by atoms with van der Waals surface area (Å²) in [6.07, 6.45) is 45.0. The number of rotatable bonds is 35. The summed E-state index contributed by atoms with van der Waals surface area (Å²) in [5.74, 6) is -0.992. The first kappa shape index (κ1) is 51.2. The van der Waals surface area contributed by atoms with Crippen molar-refractivity contribution in [2.24, 2.45) is 0 Å². The van der Waals surface area contributed by atoms with Crippen LogP contribution in [-0.4, -0.2) is 70.0 Å². The number of phosphoric acid groups is 1. The molecule has 308 valence electrons. The maximum Gasteiger partial charge on any atom is 0.306 e. The third kappa shape index (κ3) is 38.9. The number of likely N-dealkylation sites (N-methyl/N-ethyl adjacent to an activating group) is 1. The van der Waals surface area contributed by atoms with Crippen molar-refractivity contribution in [3.63, 3.8) is 0 Å². The molecule has 0 spiro atoms. The van der Waals surface area contributed by atoms with Gasteiger partial charge in [0.1, 0.15) is 19.8 Å². The van der Waals surface area contributed by atoms with Gasteiger partial charge in [0.15, 0.2) is 6.10 Å². The van der Waals surface area contributed by atoms with Crippen LogP contribution >= 0.6 is 7.82 Å². The van der Waals surface area contributed by atoms with Crippen LogP contribution in [0.2, 0.25) is 0 Å². The fraction of sp³-hybridized carbons (Fsp3) is 0.636. The monoisotopic (exact) mass is 776 g/mol. The highest BCUT2D eigenvalue weighted by Crippen LogP contribution is 2.38. The maximum absolute atomic E-state index is 12.6. The van der Waals surface area contributed by atoms with Crippen molar-refractivity contribution in [3.05, 3.63) is 85.1 Å². The van der Waals surface area contributed by atoms with E-state index < -0.39 is 32.5 Å². The summed E-state index contributed by atoms with van der Waals surface area (Å²) in [6.45, 7) is 3.93. The Bertz CT molecular complexity index is 1200. The summed E-state index contributed by atoms with van der Waals surface area (Å²) < 4.78 is 33.6. The Morgan fingerprint density at radius 1 is 0.593 bits per heavy atom. The molecule has 9 nitrogen and oxygen atoms in total. The smallest absolute Gasteiger partial charge is 0.306 e. The van der Waals surface area contributed by atoms with Crippen molar-refractivity contribution < 1.29 is 42.1 Å². The minimum atomic E-state index is -4.65. The number of phosphoric ester groups is 1. The molecule has 0 aromatic carbocycles. The van der Waals surface area contributed by atoms with Gasteiger partial charge in [-0.15, -0.1) is 0 Å². The lowest BCUT2D eigenvalue weighted by Gasteiger charge is -2.28. The first-order valence-corrected chi connectivity index (χ1v) is 21.8. The van der Waals surface area contributed by atoms with Crippen LogP contribution in [-0.2, 0) is 32.7 Å². The zero-order chi connectivity index (χ0) is 40.0. The van der Waals surface area contributed by atoms with E-state index in [0.29, 0.717) is 23.9 Å². The van der Waals surface area contributed by atoms with Gasteiger partial charge in [0.05, 0.1) is 27.7 Å². The molecule has 0 aromatic rings. The second-order valence-electron chi connectivity index (χ2n) is 14.3. The highest BCUT2D eigenvalue weighted by molar-refractivity contribution is 7.45. The lowest BCUT2D eigenvalue weighted by molar-refractivity contribution is -0.870. The quantitative estimate of drug-likeness (QED) is 0.0206. The molecule has 0 fully saturated rings. The van der Waals surface area contributed by atoms with E-state index in [9.17, 15) is 19.0 Å². The molecule has 0 radical (unpaired) electrons. The number of carbonyl (C=O) groups is 2. The largest absolute Gasteiger partial charge is 0.756 e. The molecule has 0 saturated carbocycles. The van der Waals surface area contributed by atoms with E-state index in [1.165, 1.54) is 38.5 Å². The number of hydrogen-bond donors (Lipinski definition) is 0. The maximum atomic E-state index is 12.6. The average molecular weight is 776 g/mol. The standard InChI is InChI=1S/C44H74NO8P/c1-6-8-10-12-14-16-18-20-21-22-23-25-26-28-30-32-34-36-43(46)50-40-42(41-52-54(48,49)51-39-38-45(3,4)5)53-44(47)37-35-33-31-29-27-24-19-17-15-13-11-9-7-2/h8,10,14,16,20-21,23-25,27-28,30-31,33,42H,6-7,9,11-13,15,17-19,22,26,29,32,34-41H2,1-5H3/b10-8+,16-14+,21-20+,25-23+,27-24+,30-28+,33-31+. The molecule has 0 aliphatic rings. The zero-order valence-electron chi connectivity index (χ0n) is 34.4. The molecule has 0 amide bonds. The highest BCUT2D eigenvalue weighted by atomic mass is 31.2. The fourth-order valence-corrected chi connectivity index (χ4v) is 5.47. The fourth-order valence-electron chi connectivity index (χ4n) is 4.74. The molecule has 10 heteroatoms. The Balaban J connectivity index is 4.59. The molecule has 0 saturated heterocycles. The molecule has 2 atom stereocenters. The normalized spacial score (nSPS) is 14.6. The average Bonchev–Trinajstić information content (AvgIpc) is 3.12. The summed E-state index contributed by atoms with van der Waals surface area (Å²) in [5, 5.41) is 0. The van der Waals surface area contributed by atoms with Crippen LogP contribution in [0.4, 0.5) is 0 Å². The van der Waals surface area contributed by atoms with Crippen LogP contribution < -0.4 is 4.89 Å². The van der Waals surface area contributed by atoms with Crippen molar-refractivity contribution in [1.82, 2.24) is 0 Å². The molecule has 2 unspecified atom stereocenters. The van der Waals surface area contributed by atoms with Gasteiger partial charge in [0.2, 0.25) is 0 Å². The van der Waals surface area contributed by atoms with E-state index in [1.807, 2.05) is 39.4 Å². The Hall–Kier alpha value is -2.81. The van der Waals surface area contributed by atoms with Crippen LogP contribution in [0.5, 0.6) is 0 Å². The van der Waals surface area contributed by atoms with Crippen molar-refractivity contribution in [1.29, 1.82) is 0 Å². The number of carbonyl (C=O) groups excluding carboxylic acids is 2. The molecule has 0 aliphatic heterocycles. The first-order chi connectivity index (χ1) is 26.0. The van der Waals surface area contributed by atoms with Crippen LogP contribution in [0.15, 0.2) is 85.1 Å². The molecule has 54 heavy (non-hydrogen) atoms. The molecule has 0 aromatic heterocycles. The molecule has 0 bridgehead atoms. The summed E-state index contributed by atoms with van der Waals surface area (Å²) in [6, 6.07) is 0. The Kier molecular flexibility index (Phi) is 34.0. The van der Waals surface area contributed by atoms with Gasteiger partial charge in [-0.3, -0.25) is 14.2 Å². The number of ether oxygens (including phenoxy) is 2. The molecule has 0 aliphatic carbocycles. The third-order valence-corrected chi connectivity index (χ3v) is 8.88. The van der Waals surface area contributed by atoms with Crippen LogP contribution in [0.3, 0.4) is 0 Å². The second-order valence-corrected chi connectivity index (χ2v) is 15.7.